The number of carbonyl (C=O) groups excluding carboxylic acids is 2. The van der Waals surface area contributed by atoms with Crippen LogP contribution in [0.4, 0.5) is 4.39 Å². The zero-order valence-corrected chi connectivity index (χ0v) is 11.5. The van der Waals surface area contributed by atoms with E-state index in [0.717, 1.165) is 5.56 Å². The Morgan fingerprint density at radius 2 is 2.14 bits per heavy atom. The van der Waals surface area contributed by atoms with E-state index in [0.29, 0.717) is 26.2 Å². The van der Waals surface area contributed by atoms with Crippen LogP contribution in [0.5, 0.6) is 0 Å². The molecule has 0 spiro atoms. The number of rotatable bonds is 3. The normalized spacial score (nSPS) is 24.6. The number of fused-ring (bicyclic) bond motifs is 1. The van der Waals surface area contributed by atoms with Crippen LogP contribution in [0, 0.1) is 17.7 Å². The van der Waals surface area contributed by atoms with Gasteiger partial charge in [0.2, 0.25) is 11.8 Å². The SMILES string of the molecule is O=C(CO)N1C[C@@H]2CN(Cc3cccc(F)c3)C(=O)[C@@H]2C1. The number of benzene rings is 1. The molecule has 2 fully saturated rings. The molecule has 0 aromatic heterocycles. The maximum absolute atomic E-state index is 13.2. The van der Waals surface area contributed by atoms with Gasteiger partial charge in [-0.2, -0.15) is 0 Å². The van der Waals surface area contributed by atoms with E-state index >= 15 is 0 Å². The number of amides is 2. The summed E-state index contributed by atoms with van der Waals surface area (Å²) >= 11 is 0. The van der Waals surface area contributed by atoms with Crippen LogP contribution in [-0.4, -0.2) is 53.0 Å². The minimum atomic E-state index is -0.513. The van der Waals surface area contributed by atoms with E-state index in [2.05, 4.69) is 0 Å². The zero-order valence-electron chi connectivity index (χ0n) is 11.5. The second-order valence-electron chi connectivity index (χ2n) is 5.67. The third-order valence-corrected chi connectivity index (χ3v) is 4.28. The molecule has 2 heterocycles. The van der Waals surface area contributed by atoms with Gasteiger partial charge in [0.1, 0.15) is 12.4 Å². The van der Waals surface area contributed by atoms with Crippen LogP contribution in [0.25, 0.3) is 0 Å². The number of halogens is 1. The van der Waals surface area contributed by atoms with Crippen LogP contribution in [0.3, 0.4) is 0 Å². The van der Waals surface area contributed by atoms with E-state index in [1.54, 1.807) is 21.9 Å². The van der Waals surface area contributed by atoms with Gasteiger partial charge < -0.3 is 14.9 Å². The summed E-state index contributed by atoms with van der Waals surface area (Å²) in [4.78, 5) is 27.1. The Bertz CT molecular complexity index is 578. The lowest BCUT2D eigenvalue weighted by Crippen LogP contribution is -2.36. The molecule has 2 amide bonds. The van der Waals surface area contributed by atoms with Gasteiger partial charge in [-0.05, 0) is 17.7 Å². The lowest BCUT2D eigenvalue weighted by atomic mass is 10.0. The van der Waals surface area contributed by atoms with Crippen LogP contribution >= 0.6 is 0 Å². The Kier molecular flexibility index (Phi) is 3.63. The van der Waals surface area contributed by atoms with Gasteiger partial charge in [0, 0.05) is 32.1 Å². The highest BCUT2D eigenvalue weighted by molar-refractivity contribution is 5.84. The second-order valence-corrected chi connectivity index (χ2v) is 5.67. The van der Waals surface area contributed by atoms with E-state index in [-0.39, 0.29) is 29.5 Å². The summed E-state index contributed by atoms with van der Waals surface area (Å²) in [5.74, 6) is -0.693. The molecule has 0 radical (unpaired) electrons. The van der Waals surface area contributed by atoms with Crippen molar-refractivity contribution in [2.75, 3.05) is 26.2 Å². The van der Waals surface area contributed by atoms with Crippen molar-refractivity contribution in [2.24, 2.45) is 11.8 Å². The molecule has 21 heavy (non-hydrogen) atoms. The lowest BCUT2D eigenvalue weighted by Gasteiger charge is -2.21. The number of hydrogen-bond acceptors (Lipinski definition) is 3. The average Bonchev–Trinajstić information content (AvgIpc) is 2.99. The first-order valence-corrected chi connectivity index (χ1v) is 7.00. The van der Waals surface area contributed by atoms with Gasteiger partial charge in [-0.3, -0.25) is 9.59 Å². The van der Waals surface area contributed by atoms with Crippen LogP contribution < -0.4 is 0 Å². The Morgan fingerprint density at radius 3 is 2.81 bits per heavy atom. The smallest absolute Gasteiger partial charge is 0.248 e. The fraction of sp³-hybridized carbons (Fsp3) is 0.467. The predicted molar refractivity (Wildman–Crippen MR) is 72.5 cm³/mol. The van der Waals surface area contributed by atoms with Crippen molar-refractivity contribution in [3.8, 4) is 0 Å². The Hall–Kier alpha value is -1.95. The summed E-state index contributed by atoms with van der Waals surface area (Å²) in [6, 6.07) is 6.24. The number of carbonyl (C=O) groups is 2. The summed E-state index contributed by atoms with van der Waals surface area (Å²) in [6.45, 7) is 1.35. The lowest BCUT2D eigenvalue weighted by molar-refractivity contribution is -0.135. The van der Waals surface area contributed by atoms with Crippen LogP contribution in [-0.2, 0) is 16.1 Å². The molecule has 1 aromatic rings. The number of aliphatic hydroxyl groups is 1. The van der Waals surface area contributed by atoms with Gasteiger partial charge in [-0.25, -0.2) is 4.39 Å². The molecule has 0 bridgehead atoms. The Labute approximate surface area is 122 Å². The quantitative estimate of drug-likeness (QED) is 0.868. The van der Waals surface area contributed by atoms with Crippen molar-refractivity contribution < 1.29 is 19.1 Å². The first-order valence-electron chi connectivity index (χ1n) is 7.00. The molecule has 6 heteroatoms. The first-order chi connectivity index (χ1) is 10.1. The highest BCUT2D eigenvalue weighted by Gasteiger charge is 2.47. The number of hydrogen-bond donors (Lipinski definition) is 1. The van der Waals surface area contributed by atoms with Crippen LogP contribution in [0.2, 0.25) is 0 Å². The molecule has 0 saturated carbocycles. The molecule has 1 N–H and O–H groups in total. The van der Waals surface area contributed by atoms with E-state index in [1.807, 2.05) is 0 Å². The Morgan fingerprint density at radius 1 is 1.33 bits per heavy atom. The molecule has 5 nitrogen and oxygen atoms in total. The minimum absolute atomic E-state index is 0.0116. The van der Waals surface area contributed by atoms with Crippen molar-refractivity contribution in [1.29, 1.82) is 0 Å². The maximum Gasteiger partial charge on any atom is 0.248 e. The van der Waals surface area contributed by atoms with Gasteiger partial charge in [-0.15, -0.1) is 0 Å². The Balaban J connectivity index is 1.65. The summed E-state index contributed by atoms with van der Waals surface area (Å²) in [5.41, 5.74) is 0.770. The average molecular weight is 292 g/mol. The monoisotopic (exact) mass is 292 g/mol. The van der Waals surface area contributed by atoms with Crippen molar-refractivity contribution in [1.82, 2.24) is 9.80 Å². The molecule has 2 aliphatic heterocycles. The van der Waals surface area contributed by atoms with E-state index < -0.39 is 6.61 Å². The second kappa shape index (κ2) is 5.44. The summed E-state index contributed by atoms with van der Waals surface area (Å²) in [7, 11) is 0. The van der Waals surface area contributed by atoms with Gasteiger partial charge >= 0.3 is 0 Å². The van der Waals surface area contributed by atoms with Crippen molar-refractivity contribution >= 4 is 11.8 Å². The van der Waals surface area contributed by atoms with Gasteiger partial charge in [0.05, 0.1) is 5.92 Å². The first kappa shape index (κ1) is 14.0. The fourth-order valence-electron chi connectivity index (χ4n) is 3.25. The molecule has 2 saturated heterocycles. The number of likely N-dealkylation sites (tertiary alicyclic amines) is 2. The fourth-order valence-corrected chi connectivity index (χ4v) is 3.25. The summed E-state index contributed by atoms with van der Waals surface area (Å²) < 4.78 is 13.2. The molecule has 0 unspecified atom stereocenters. The molecular weight excluding hydrogens is 275 g/mol. The van der Waals surface area contributed by atoms with Crippen LogP contribution in [0.15, 0.2) is 24.3 Å². The molecular formula is C15H17FN2O3. The van der Waals surface area contributed by atoms with E-state index in [9.17, 15) is 14.0 Å². The topological polar surface area (TPSA) is 60.9 Å². The standard InChI is InChI=1S/C15H17FN2O3/c16-12-3-1-2-10(4-12)5-18-7-11-6-17(14(20)9-19)8-13(11)15(18)21/h1-4,11,13,19H,5-9H2/t11-,13-/m1/s1. The van der Waals surface area contributed by atoms with E-state index in [1.165, 1.54) is 12.1 Å². The van der Waals surface area contributed by atoms with Crippen molar-refractivity contribution in [2.45, 2.75) is 6.54 Å². The highest BCUT2D eigenvalue weighted by Crippen LogP contribution is 2.33. The van der Waals surface area contributed by atoms with Crippen molar-refractivity contribution in [3.05, 3.63) is 35.6 Å². The number of aliphatic hydroxyl groups excluding tert-OH is 1. The van der Waals surface area contributed by atoms with Gasteiger partial charge in [-0.1, -0.05) is 12.1 Å². The molecule has 1 aromatic carbocycles. The van der Waals surface area contributed by atoms with E-state index in [4.69, 9.17) is 5.11 Å². The molecule has 112 valence electrons. The van der Waals surface area contributed by atoms with Gasteiger partial charge in [0.25, 0.3) is 0 Å². The predicted octanol–water partition coefficient (Wildman–Crippen LogP) is 0.235. The number of nitrogens with zero attached hydrogens (tertiary/aromatic N) is 2. The minimum Gasteiger partial charge on any atom is -0.387 e. The maximum atomic E-state index is 13.2. The van der Waals surface area contributed by atoms with Gasteiger partial charge in [0.15, 0.2) is 0 Å². The largest absolute Gasteiger partial charge is 0.387 e. The molecule has 2 aliphatic rings. The van der Waals surface area contributed by atoms with Crippen LogP contribution in [0.1, 0.15) is 5.56 Å². The van der Waals surface area contributed by atoms with Crippen molar-refractivity contribution in [3.63, 3.8) is 0 Å². The third kappa shape index (κ3) is 2.63. The molecule has 2 atom stereocenters. The highest BCUT2D eigenvalue weighted by atomic mass is 19.1. The third-order valence-electron chi connectivity index (χ3n) is 4.28. The molecule has 0 aliphatic carbocycles. The summed E-state index contributed by atoms with van der Waals surface area (Å²) in [5, 5.41) is 8.88. The summed E-state index contributed by atoms with van der Waals surface area (Å²) in [6.07, 6.45) is 0. The zero-order chi connectivity index (χ0) is 15.0. The molecule has 3 rings (SSSR count).